The summed E-state index contributed by atoms with van der Waals surface area (Å²) in [7, 11) is 0. The van der Waals surface area contributed by atoms with E-state index in [1.807, 2.05) is 0 Å². The van der Waals surface area contributed by atoms with Crippen LogP contribution in [0.5, 0.6) is 0 Å². The molecule has 0 aliphatic heterocycles. The second kappa shape index (κ2) is 2.91. The first-order chi connectivity index (χ1) is 3.18. The van der Waals surface area contributed by atoms with Gasteiger partial charge in [0, 0.05) is 6.92 Å². The van der Waals surface area contributed by atoms with E-state index >= 15 is 0 Å². The average Bonchev–Trinajstić information content (AvgIpc) is 1.65. The van der Waals surface area contributed by atoms with Gasteiger partial charge in [0.15, 0.2) is 5.78 Å². The number of ketones is 2. The third kappa shape index (κ3) is 2.51. The van der Waals surface area contributed by atoms with E-state index in [1.165, 1.54) is 6.92 Å². The van der Waals surface area contributed by atoms with Gasteiger partial charge in [-0.3, -0.25) is 9.59 Å². The molecular formula is C4H5BrO2. The van der Waals surface area contributed by atoms with Gasteiger partial charge in [0.1, 0.15) is 0 Å². The lowest BCUT2D eigenvalue weighted by Gasteiger charge is -1.80. The SMILES string of the molecule is CC(=O)C(=O)CBr. The molecule has 40 valence electrons. The van der Waals surface area contributed by atoms with Crippen molar-refractivity contribution in [2.45, 2.75) is 6.92 Å². The van der Waals surface area contributed by atoms with Crippen LogP contribution in [0, 0.1) is 0 Å². The number of alkyl halides is 1. The lowest BCUT2D eigenvalue weighted by atomic mass is 10.3. The number of carbonyl (C=O) groups is 2. The minimum absolute atomic E-state index is 0.141. The van der Waals surface area contributed by atoms with Crippen molar-refractivity contribution in [1.29, 1.82) is 0 Å². The van der Waals surface area contributed by atoms with Crippen LogP contribution in [0.4, 0.5) is 0 Å². The van der Waals surface area contributed by atoms with Crippen LogP contribution in [-0.2, 0) is 9.59 Å². The highest BCUT2D eigenvalue weighted by molar-refractivity contribution is 9.09. The van der Waals surface area contributed by atoms with Crippen molar-refractivity contribution in [3.05, 3.63) is 0 Å². The Morgan fingerprint density at radius 2 is 2.00 bits per heavy atom. The fourth-order valence-electron chi connectivity index (χ4n) is 0.0941. The fourth-order valence-corrected chi connectivity index (χ4v) is 0.489. The quantitative estimate of drug-likeness (QED) is 0.442. The van der Waals surface area contributed by atoms with Crippen LogP contribution < -0.4 is 0 Å². The van der Waals surface area contributed by atoms with Gasteiger partial charge in [-0.2, -0.15) is 0 Å². The van der Waals surface area contributed by atoms with E-state index in [1.54, 1.807) is 0 Å². The molecule has 0 atom stereocenters. The number of hydrogen-bond donors (Lipinski definition) is 0. The Kier molecular flexibility index (Phi) is 2.83. The van der Waals surface area contributed by atoms with Gasteiger partial charge in [-0.1, -0.05) is 15.9 Å². The van der Waals surface area contributed by atoms with Crippen molar-refractivity contribution in [2.75, 3.05) is 5.33 Å². The minimum atomic E-state index is -0.392. The number of Topliss-reactive ketones (excluding diaryl/α,β-unsaturated/α-hetero) is 2. The topological polar surface area (TPSA) is 34.1 Å². The lowest BCUT2D eigenvalue weighted by molar-refractivity contribution is -0.133. The zero-order chi connectivity index (χ0) is 5.86. The third-order valence-electron chi connectivity index (χ3n) is 0.514. The Hall–Kier alpha value is -0.180. The number of carbonyl (C=O) groups excluding carboxylic acids is 2. The van der Waals surface area contributed by atoms with Gasteiger partial charge in [-0.15, -0.1) is 0 Å². The van der Waals surface area contributed by atoms with E-state index in [-0.39, 0.29) is 11.1 Å². The van der Waals surface area contributed by atoms with Gasteiger partial charge in [0.25, 0.3) is 0 Å². The zero-order valence-electron chi connectivity index (χ0n) is 3.90. The Morgan fingerprint density at radius 1 is 1.57 bits per heavy atom. The predicted molar refractivity (Wildman–Crippen MR) is 29.5 cm³/mol. The van der Waals surface area contributed by atoms with Gasteiger partial charge < -0.3 is 0 Å². The molecule has 0 aromatic carbocycles. The molecule has 0 aliphatic carbocycles. The van der Waals surface area contributed by atoms with Crippen molar-refractivity contribution >= 4 is 27.5 Å². The lowest BCUT2D eigenvalue weighted by Crippen LogP contribution is -2.09. The number of hydrogen-bond acceptors (Lipinski definition) is 2. The first-order valence-corrected chi connectivity index (χ1v) is 2.90. The highest BCUT2D eigenvalue weighted by Gasteiger charge is 2.02. The monoisotopic (exact) mass is 164 g/mol. The summed E-state index contributed by atoms with van der Waals surface area (Å²) in [4.78, 5) is 20.1. The van der Waals surface area contributed by atoms with E-state index in [4.69, 9.17) is 0 Å². The smallest absolute Gasteiger partial charge is 0.208 e. The molecule has 0 N–H and O–H groups in total. The number of halogens is 1. The molecule has 0 aromatic heterocycles. The van der Waals surface area contributed by atoms with Crippen LogP contribution in [-0.4, -0.2) is 16.9 Å². The minimum Gasteiger partial charge on any atom is -0.291 e. The summed E-state index contributed by atoms with van der Waals surface area (Å²) >= 11 is 2.84. The summed E-state index contributed by atoms with van der Waals surface area (Å²) in [5.74, 6) is -0.767. The molecule has 0 rings (SSSR count). The van der Waals surface area contributed by atoms with Gasteiger partial charge in [-0.25, -0.2) is 0 Å². The van der Waals surface area contributed by atoms with Gasteiger partial charge in [0.05, 0.1) is 5.33 Å². The molecule has 0 aliphatic rings. The number of rotatable bonds is 2. The van der Waals surface area contributed by atoms with Crippen LogP contribution in [0.25, 0.3) is 0 Å². The summed E-state index contributed by atoms with van der Waals surface area (Å²) in [6.45, 7) is 1.25. The van der Waals surface area contributed by atoms with Crippen LogP contribution in [0.1, 0.15) is 6.92 Å². The van der Waals surface area contributed by atoms with E-state index in [9.17, 15) is 9.59 Å². The van der Waals surface area contributed by atoms with Gasteiger partial charge >= 0.3 is 0 Å². The van der Waals surface area contributed by atoms with Crippen molar-refractivity contribution < 1.29 is 9.59 Å². The summed E-state index contributed by atoms with van der Waals surface area (Å²) < 4.78 is 0. The standard InChI is InChI=1S/C4H5BrO2/c1-3(6)4(7)2-5/h2H2,1H3. The second-order valence-electron chi connectivity index (χ2n) is 1.11. The normalized spacial score (nSPS) is 8.29. The zero-order valence-corrected chi connectivity index (χ0v) is 5.49. The molecule has 0 fully saturated rings. The van der Waals surface area contributed by atoms with Crippen LogP contribution in [0.3, 0.4) is 0 Å². The second-order valence-corrected chi connectivity index (χ2v) is 1.67. The molecule has 3 heteroatoms. The fraction of sp³-hybridized carbons (Fsp3) is 0.500. The summed E-state index contributed by atoms with van der Waals surface area (Å²) in [5, 5.41) is 0.141. The van der Waals surface area contributed by atoms with Crippen LogP contribution >= 0.6 is 15.9 Å². The largest absolute Gasteiger partial charge is 0.291 e. The maximum Gasteiger partial charge on any atom is 0.208 e. The molecule has 0 saturated heterocycles. The maximum absolute atomic E-state index is 10.1. The Morgan fingerprint density at radius 3 is 2.00 bits per heavy atom. The summed E-state index contributed by atoms with van der Waals surface area (Å²) in [5.41, 5.74) is 0. The highest BCUT2D eigenvalue weighted by Crippen LogP contribution is 1.81. The van der Waals surface area contributed by atoms with Gasteiger partial charge in [-0.05, 0) is 0 Å². The average molecular weight is 165 g/mol. The Balaban J connectivity index is 3.58. The molecule has 0 heterocycles. The Bertz CT molecular complexity index is 97.9. The van der Waals surface area contributed by atoms with Crippen molar-refractivity contribution in [1.82, 2.24) is 0 Å². The summed E-state index contributed by atoms with van der Waals surface area (Å²) in [6, 6.07) is 0. The molecule has 0 bridgehead atoms. The molecule has 7 heavy (non-hydrogen) atoms. The Labute approximate surface area is 50.0 Å². The molecule has 0 spiro atoms. The van der Waals surface area contributed by atoms with Crippen LogP contribution in [0.15, 0.2) is 0 Å². The molecule has 2 nitrogen and oxygen atoms in total. The van der Waals surface area contributed by atoms with E-state index in [0.29, 0.717) is 0 Å². The van der Waals surface area contributed by atoms with E-state index < -0.39 is 5.78 Å². The van der Waals surface area contributed by atoms with Crippen molar-refractivity contribution in [3.8, 4) is 0 Å². The van der Waals surface area contributed by atoms with Gasteiger partial charge in [0.2, 0.25) is 5.78 Å². The molecule has 0 saturated carbocycles. The van der Waals surface area contributed by atoms with Crippen LogP contribution in [0.2, 0.25) is 0 Å². The molecule has 0 aromatic rings. The highest BCUT2D eigenvalue weighted by atomic mass is 79.9. The van der Waals surface area contributed by atoms with E-state index in [0.717, 1.165) is 0 Å². The predicted octanol–water partition coefficient (Wildman–Crippen LogP) is 0.539. The molecule has 0 amide bonds. The molecular weight excluding hydrogens is 160 g/mol. The van der Waals surface area contributed by atoms with E-state index in [2.05, 4.69) is 15.9 Å². The third-order valence-corrected chi connectivity index (χ3v) is 1.02. The first kappa shape index (κ1) is 6.82. The molecule has 0 unspecified atom stereocenters. The first-order valence-electron chi connectivity index (χ1n) is 1.78. The maximum atomic E-state index is 10.1. The van der Waals surface area contributed by atoms with Crippen molar-refractivity contribution in [2.24, 2.45) is 0 Å². The summed E-state index contributed by atoms with van der Waals surface area (Å²) in [6.07, 6.45) is 0. The van der Waals surface area contributed by atoms with Crippen molar-refractivity contribution in [3.63, 3.8) is 0 Å². The molecule has 0 radical (unpaired) electrons.